The van der Waals surface area contributed by atoms with Crippen LogP contribution in [0.5, 0.6) is 0 Å². The maximum atomic E-state index is 12.6. The second kappa shape index (κ2) is 3.52. The average molecular weight is 215 g/mol. The van der Waals surface area contributed by atoms with E-state index in [2.05, 4.69) is 15.1 Å². The molecule has 0 aliphatic carbocycles. The van der Waals surface area contributed by atoms with E-state index in [0.717, 1.165) is 5.56 Å². The summed E-state index contributed by atoms with van der Waals surface area (Å²) in [6.07, 6.45) is -3.24. The Morgan fingerprint density at radius 2 is 1.93 bits per heavy atom. The van der Waals surface area contributed by atoms with E-state index in [1.807, 2.05) is 30.3 Å². The largest absolute Gasteiger partial charge is 0.503 e. The van der Waals surface area contributed by atoms with Crippen LogP contribution in [-0.2, 0) is 16.0 Å². The summed E-state index contributed by atoms with van der Waals surface area (Å²) in [5.74, 6) is 0. The molecule has 1 aliphatic heterocycles. The average Bonchev–Trinajstić information content (AvgIpc) is 2.42. The normalized spacial score (nSPS) is 29.3. The molecule has 0 amide bonds. The minimum atomic E-state index is -3.55. The zero-order valence-electron chi connectivity index (χ0n) is 8.17. The number of hydroxylamine groups is 1. The van der Waals surface area contributed by atoms with Gasteiger partial charge >= 0.3 is 6.29 Å². The molecule has 1 aromatic rings. The predicted octanol–water partition coefficient (Wildman–Crippen LogP) is 2.05. The first-order valence-electron chi connectivity index (χ1n) is 4.56. The van der Waals surface area contributed by atoms with Gasteiger partial charge < -0.3 is 0 Å². The molecular formula is C10H11F2NO2. The molecule has 15 heavy (non-hydrogen) atoms. The highest BCUT2D eigenvalue weighted by molar-refractivity contribution is 5.16. The minimum Gasteiger partial charge on any atom is -0.271 e. The van der Waals surface area contributed by atoms with Gasteiger partial charge in [0.2, 0.25) is 0 Å². The van der Waals surface area contributed by atoms with Gasteiger partial charge in [-0.25, -0.2) is 4.84 Å². The van der Waals surface area contributed by atoms with Crippen molar-refractivity contribution in [2.24, 2.45) is 0 Å². The molecule has 0 bridgehead atoms. The maximum Gasteiger partial charge on any atom is 0.503 e. The molecule has 1 unspecified atom stereocenters. The molecule has 2 rings (SSSR count). The van der Waals surface area contributed by atoms with Crippen molar-refractivity contribution in [1.82, 2.24) is 5.48 Å². The second-order valence-corrected chi connectivity index (χ2v) is 3.66. The molecule has 0 spiro atoms. The van der Waals surface area contributed by atoms with Gasteiger partial charge in [-0.05, 0) is 12.5 Å². The van der Waals surface area contributed by atoms with E-state index in [9.17, 15) is 8.78 Å². The van der Waals surface area contributed by atoms with Crippen LogP contribution in [0.2, 0.25) is 0 Å². The molecule has 1 aromatic carbocycles. The van der Waals surface area contributed by atoms with Crippen LogP contribution in [0.4, 0.5) is 8.78 Å². The summed E-state index contributed by atoms with van der Waals surface area (Å²) in [5, 5.41) is 0. The van der Waals surface area contributed by atoms with Gasteiger partial charge in [-0.3, -0.25) is 4.74 Å². The van der Waals surface area contributed by atoms with Crippen molar-refractivity contribution in [3.8, 4) is 0 Å². The van der Waals surface area contributed by atoms with Crippen LogP contribution >= 0.6 is 0 Å². The minimum absolute atomic E-state index is 0.309. The summed E-state index contributed by atoms with van der Waals surface area (Å²) in [4.78, 5) is 4.02. The summed E-state index contributed by atoms with van der Waals surface area (Å²) in [7, 11) is 0. The van der Waals surface area contributed by atoms with E-state index in [1.165, 1.54) is 6.92 Å². The van der Waals surface area contributed by atoms with Crippen molar-refractivity contribution >= 4 is 0 Å². The zero-order valence-corrected chi connectivity index (χ0v) is 8.17. The number of rotatable bonds is 2. The summed E-state index contributed by atoms with van der Waals surface area (Å²) in [6.45, 7) is 1.51. The van der Waals surface area contributed by atoms with Crippen molar-refractivity contribution < 1.29 is 18.4 Å². The fourth-order valence-corrected chi connectivity index (χ4v) is 1.53. The smallest absolute Gasteiger partial charge is 0.271 e. The van der Waals surface area contributed by atoms with Gasteiger partial charge in [0.1, 0.15) is 0 Å². The molecule has 0 aromatic heterocycles. The number of ether oxygens (including phenoxy) is 1. The lowest BCUT2D eigenvalue weighted by molar-refractivity contribution is -0.360. The van der Waals surface area contributed by atoms with Crippen LogP contribution in [-0.4, -0.2) is 12.0 Å². The first-order valence-corrected chi connectivity index (χ1v) is 4.56. The standard InChI is InChI=1S/C10H11F2NO2/c1-9(13-15-10(11,12)14-9)7-8-5-3-2-4-6-8/h2-6,13H,7H2,1H3. The van der Waals surface area contributed by atoms with E-state index in [0.29, 0.717) is 6.42 Å². The molecule has 1 saturated heterocycles. The third-order valence-electron chi connectivity index (χ3n) is 2.11. The quantitative estimate of drug-likeness (QED) is 0.819. The lowest BCUT2D eigenvalue weighted by atomic mass is 10.1. The molecule has 1 atom stereocenters. The number of hydrogen-bond acceptors (Lipinski definition) is 3. The van der Waals surface area contributed by atoms with Crippen molar-refractivity contribution in [3.05, 3.63) is 35.9 Å². The highest BCUT2D eigenvalue weighted by Crippen LogP contribution is 2.31. The summed E-state index contributed by atoms with van der Waals surface area (Å²) in [6, 6.07) is 9.22. The number of nitrogens with one attached hydrogen (secondary N) is 1. The lowest BCUT2D eigenvalue weighted by Gasteiger charge is -2.20. The van der Waals surface area contributed by atoms with E-state index in [-0.39, 0.29) is 0 Å². The summed E-state index contributed by atoms with van der Waals surface area (Å²) in [5.41, 5.74) is 1.91. The first kappa shape index (κ1) is 10.5. The van der Waals surface area contributed by atoms with Gasteiger partial charge in [0.25, 0.3) is 0 Å². The van der Waals surface area contributed by atoms with E-state index >= 15 is 0 Å². The third kappa shape index (κ3) is 2.50. The Labute approximate surface area is 85.9 Å². The molecule has 0 radical (unpaired) electrons. The van der Waals surface area contributed by atoms with Gasteiger partial charge in [0, 0.05) is 6.42 Å². The Hall–Kier alpha value is -1.04. The van der Waals surface area contributed by atoms with E-state index in [1.54, 1.807) is 0 Å². The Morgan fingerprint density at radius 1 is 1.27 bits per heavy atom. The lowest BCUT2D eigenvalue weighted by Crippen LogP contribution is -2.39. The Morgan fingerprint density at radius 3 is 2.47 bits per heavy atom. The van der Waals surface area contributed by atoms with Crippen LogP contribution in [0.3, 0.4) is 0 Å². The van der Waals surface area contributed by atoms with E-state index < -0.39 is 12.0 Å². The molecule has 0 saturated carbocycles. The van der Waals surface area contributed by atoms with Crippen molar-refractivity contribution in [3.63, 3.8) is 0 Å². The molecule has 82 valence electrons. The van der Waals surface area contributed by atoms with Crippen LogP contribution in [0.1, 0.15) is 12.5 Å². The van der Waals surface area contributed by atoms with Gasteiger partial charge in [0.05, 0.1) is 0 Å². The Bertz CT molecular complexity index is 345. The van der Waals surface area contributed by atoms with Crippen LogP contribution < -0.4 is 5.48 Å². The molecule has 5 heteroatoms. The monoisotopic (exact) mass is 215 g/mol. The molecule has 1 fully saturated rings. The maximum absolute atomic E-state index is 12.6. The topological polar surface area (TPSA) is 30.5 Å². The van der Waals surface area contributed by atoms with Crippen LogP contribution in [0.25, 0.3) is 0 Å². The predicted molar refractivity (Wildman–Crippen MR) is 48.8 cm³/mol. The molecule has 1 N–H and O–H groups in total. The fraction of sp³-hybridized carbons (Fsp3) is 0.400. The Kier molecular flexibility index (Phi) is 2.46. The van der Waals surface area contributed by atoms with Gasteiger partial charge in [-0.1, -0.05) is 30.3 Å². The highest BCUT2D eigenvalue weighted by Gasteiger charge is 2.50. The van der Waals surface area contributed by atoms with Crippen molar-refractivity contribution in [2.75, 3.05) is 0 Å². The summed E-state index contributed by atoms with van der Waals surface area (Å²) >= 11 is 0. The van der Waals surface area contributed by atoms with Crippen molar-refractivity contribution in [1.29, 1.82) is 0 Å². The number of alkyl halides is 2. The highest BCUT2D eigenvalue weighted by atomic mass is 19.3. The number of benzene rings is 1. The molecule has 1 aliphatic rings. The molecule has 1 heterocycles. The van der Waals surface area contributed by atoms with Crippen LogP contribution in [0, 0.1) is 0 Å². The van der Waals surface area contributed by atoms with E-state index in [4.69, 9.17) is 0 Å². The SMILES string of the molecule is CC1(Cc2ccccc2)NOC(F)(F)O1. The molecular weight excluding hydrogens is 204 g/mol. The summed E-state index contributed by atoms with van der Waals surface area (Å²) < 4.78 is 29.7. The van der Waals surface area contributed by atoms with Gasteiger partial charge in [-0.15, -0.1) is 8.78 Å². The Balaban J connectivity index is 2.07. The number of halogens is 2. The number of hydrogen-bond donors (Lipinski definition) is 1. The second-order valence-electron chi connectivity index (χ2n) is 3.66. The zero-order chi connectivity index (χ0) is 10.9. The van der Waals surface area contributed by atoms with Crippen molar-refractivity contribution in [2.45, 2.75) is 25.4 Å². The third-order valence-corrected chi connectivity index (χ3v) is 2.11. The van der Waals surface area contributed by atoms with Gasteiger partial charge in [-0.2, -0.15) is 5.48 Å². The van der Waals surface area contributed by atoms with Gasteiger partial charge in [0.15, 0.2) is 5.72 Å². The van der Waals surface area contributed by atoms with Crippen LogP contribution in [0.15, 0.2) is 30.3 Å². The first-order chi connectivity index (χ1) is 6.99. The fourth-order valence-electron chi connectivity index (χ4n) is 1.53. The molecule has 3 nitrogen and oxygen atoms in total.